The molecule has 19 heteroatoms. The van der Waals surface area contributed by atoms with Crippen LogP contribution in [0.4, 0.5) is 0 Å². The summed E-state index contributed by atoms with van der Waals surface area (Å²) in [4.78, 5) is 89.3. The SMILES string of the molecule is CCOC(=O)[C@@H]1O[B-](OC)(c2ccccc2CNC(C)(C)C(=O)NC(C)(C)C(=O)NC(C)(C)C(=O)NC(C)(C)C(=O)NCC(N)=O)O[C@H]1C(=O)OCC. The number of carbonyl (C=O) groups is 7. The number of benzene rings is 1. The molecule has 1 fully saturated rings. The maximum absolute atomic E-state index is 13.6. The van der Waals surface area contributed by atoms with Crippen molar-refractivity contribution in [2.24, 2.45) is 5.73 Å². The Bertz CT molecular complexity index is 1540. The van der Waals surface area contributed by atoms with Crippen LogP contribution in [0, 0.1) is 0 Å². The van der Waals surface area contributed by atoms with Gasteiger partial charge in [0.25, 0.3) is 0 Å². The number of amides is 5. The second-order valence-electron chi connectivity index (χ2n) is 14.6. The summed E-state index contributed by atoms with van der Waals surface area (Å²) in [5, 5.41) is 13.3. The summed E-state index contributed by atoms with van der Waals surface area (Å²) >= 11 is 0. The summed E-state index contributed by atoms with van der Waals surface area (Å²) in [6.45, 7) is 11.8. The molecule has 0 unspecified atom stereocenters. The van der Waals surface area contributed by atoms with Crippen molar-refractivity contribution in [2.45, 2.75) is 110 Å². The molecule has 18 nitrogen and oxygen atoms in total. The lowest BCUT2D eigenvalue weighted by atomic mass is 9.67. The van der Waals surface area contributed by atoms with Gasteiger partial charge in [-0.05, 0) is 76.3 Å². The number of nitrogens with two attached hydrogens (primary N) is 1. The zero-order valence-electron chi connectivity index (χ0n) is 32.3. The molecule has 53 heavy (non-hydrogen) atoms. The number of nitrogens with one attached hydrogen (secondary N) is 5. The van der Waals surface area contributed by atoms with E-state index in [0.717, 1.165) is 0 Å². The molecule has 1 saturated heterocycles. The summed E-state index contributed by atoms with van der Waals surface area (Å²) in [6.07, 6.45) is -2.94. The molecule has 2 atom stereocenters. The molecule has 1 aliphatic rings. The van der Waals surface area contributed by atoms with Crippen molar-refractivity contribution in [3.8, 4) is 0 Å². The maximum atomic E-state index is 13.6. The summed E-state index contributed by atoms with van der Waals surface area (Å²) in [6, 6.07) is 6.78. The smallest absolute Gasteiger partial charge is 0.410 e. The van der Waals surface area contributed by atoms with Crippen LogP contribution in [0.5, 0.6) is 0 Å². The lowest BCUT2D eigenvalue weighted by Gasteiger charge is -2.37. The van der Waals surface area contributed by atoms with Crippen molar-refractivity contribution in [1.82, 2.24) is 26.6 Å². The number of ether oxygens (including phenoxy) is 2. The molecule has 1 heterocycles. The van der Waals surface area contributed by atoms with E-state index in [1.54, 1.807) is 52.0 Å². The molecule has 0 aromatic heterocycles. The van der Waals surface area contributed by atoms with Gasteiger partial charge >= 0.3 is 18.7 Å². The molecule has 0 saturated carbocycles. The topological polar surface area (TPSA) is 252 Å². The fourth-order valence-electron chi connectivity index (χ4n) is 5.07. The Kier molecular flexibility index (Phi) is 14.7. The summed E-state index contributed by atoms with van der Waals surface area (Å²) < 4.78 is 28.0. The first-order chi connectivity index (χ1) is 24.4. The van der Waals surface area contributed by atoms with Gasteiger partial charge in [0.15, 0.2) is 0 Å². The molecule has 1 aromatic carbocycles. The number of carbonyl (C=O) groups excluding carboxylic acids is 7. The lowest BCUT2D eigenvalue weighted by molar-refractivity contribution is -0.163. The van der Waals surface area contributed by atoms with Crippen LogP contribution in [0.25, 0.3) is 0 Å². The average Bonchev–Trinajstić information content (AvgIpc) is 3.47. The summed E-state index contributed by atoms with van der Waals surface area (Å²) in [7, 11) is 1.31. The Hall–Kier alpha value is -4.59. The quantitative estimate of drug-likeness (QED) is 0.0743. The minimum atomic E-state index is -2.89. The summed E-state index contributed by atoms with van der Waals surface area (Å²) in [5.41, 5.74) is 0.137. The minimum Gasteiger partial charge on any atom is -0.543 e. The molecule has 296 valence electrons. The lowest BCUT2D eigenvalue weighted by Crippen LogP contribution is -2.67. The second-order valence-corrected chi connectivity index (χ2v) is 14.6. The summed E-state index contributed by atoms with van der Waals surface area (Å²) in [5.74, 6) is -5.07. The van der Waals surface area contributed by atoms with Gasteiger partial charge in [0.1, 0.15) is 28.8 Å². The Morgan fingerprint density at radius 3 is 1.53 bits per heavy atom. The molecule has 0 radical (unpaired) electrons. The predicted molar refractivity (Wildman–Crippen MR) is 192 cm³/mol. The molecular formula is C34H54BN6O12-. The number of primary amides is 1. The zero-order chi connectivity index (χ0) is 40.6. The molecule has 1 aliphatic heterocycles. The number of hydrogen-bond donors (Lipinski definition) is 6. The zero-order valence-corrected chi connectivity index (χ0v) is 32.3. The van der Waals surface area contributed by atoms with Crippen molar-refractivity contribution in [3.63, 3.8) is 0 Å². The average molecular weight is 750 g/mol. The fraction of sp³-hybridized carbons (Fsp3) is 0.618. The Morgan fingerprint density at radius 2 is 1.11 bits per heavy atom. The fourth-order valence-corrected chi connectivity index (χ4v) is 5.07. The van der Waals surface area contributed by atoms with Crippen molar-refractivity contribution in [1.29, 1.82) is 0 Å². The van der Waals surface area contributed by atoms with E-state index in [1.807, 2.05) is 0 Å². The second kappa shape index (κ2) is 17.5. The molecule has 5 amide bonds. The monoisotopic (exact) mass is 749 g/mol. The van der Waals surface area contributed by atoms with Gasteiger partial charge in [-0.1, -0.05) is 29.8 Å². The molecule has 2 rings (SSSR count). The van der Waals surface area contributed by atoms with Gasteiger partial charge in [-0.15, -0.1) is 5.46 Å². The van der Waals surface area contributed by atoms with Gasteiger partial charge in [-0.2, -0.15) is 0 Å². The van der Waals surface area contributed by atoms with E-state index >= 15 is 0 Å². The number of hydrogen-bond acceptors (Lipinski definition) is 13. The van der Waals surface area contributed by atoms with Gasteiger partial charge in [0.05, 0.1) is 25.3 Å². The van der Waals surface area contributed by atoms with E-state index in [0.29, 0.717) is 11.0 Å². The molecule has 0 aliphatic carbocycles. The molecule has 0 bridgehead atoms. The number of rotatable bonds is 18. The maximum Gasteiger partial charge on any atom is 0.410 e. The van der Waals surface area contributed by atoms with E-state index < -0.39 is 89.1 Å². The van der Waals surface area contributed by atoms with Gasteiger partial charge in [-0.3, -0.25) is 29.3 Å². The van der Waals surface area contributed by atoms with Crippen LogP contribution in [-0.4, -0.2) is 109 Å². The highest BCUT2D eigenvalue weighted by molar-refractivity contribution is 6.76. The van der Waals surface area contributed by atoms with Gasteiger partial charge in [0.2, 0.25) is 29.5 Å². The van der Waals surface area contributed by atoms with Crippen LogP contribution >= 0.6 is 0 Å². The van der Waals surface area contributed by atoms with E-state index in [-0.39, 0.29) is 19.8 Å². The normalized spacial score (nSPS) is 17.3. The van der Waals surface area contributed by atoms with Crippen LogP contribution in [0.3, 0.4) is 0 Å². The van der Waals surface area contributed by atoms with Gasteiger partial charge in [0, 0.05) is 6.54 Å². The highest BCUT2D eigenvalue weighted by atomic mass is 16.8. The third kappa shape index (κ3) is 11.2. The van der Waals surface area contributed by atoms with Crippen molar-refractivity contribution in [2.75, 3.05) is 26.9 Å². The van der Waals surface area contributed by atoms with Crippen LogP contribution in [0.2, 0.25) is 0 Å². The van der Waals surface area contributed by atoms with Crippen molar-refractivity contribution in [3.05, 3.63) is 29.8 Å². The molecule has 0 spiro atoms. The highest BCUT2D eigenvalue weighted by Crippen LogP contribution is 2.29. The third-order valence-electron chi connectivity index (χ3n) is 8.40. The van der Waals surface area contributed by atoms with Gasteiger partial charge in [-0.25, -0.2) is 9.59 Å². The predicted octanol–water partition coefficient (Wildman–Crippen LogP) is -1.46. The molecule has 1 aromatic rings. The van der Waals surface area contributed by atoms with Crippen LogP contribution in [0.15, 0.2) is 24.3 Å². The Balaban J connectivity index is 2.20. The first-order valence-electron chi connectivity index (χ1n) is 17.1. The third-order valence-corrected chi connectivity index (χ3v) is 8.40. The van der Waals surface area contributed by atoms with E-state index in [1.165, 1.54) is 48.7 Å². The Labute approximate surface area is 309 Å². The van der Waals surface area contributed by atoms with Crippen LogP contribution in [0.1, 0.15) is 74.8 Å². The highest BCUT2D eigenvalue weighted by Gasteiger charge is 2.52. The van der Waals surface area contributed by atoms with Crippen LogP contribution < -0.4 is 37.8 Å². The number of esters is 2. The minimum absolute atomic E-state index is 0.0314. The van der Waals surface area contributed by atoms with E-state index in [4.69, 9.17) is 29.2 Å². The van der Waals surface area contributed by atoms with Crippen LogP contribution in [-0.2, 0) is 63.5 Å². The standard InChI is InChI=1S/C34H54BN6O12/c1-12-50-25(43)23-24(26(44)51-13-2)53-35(49-11,52-23)21-17-15-14-16-20(21)18-38-31(3,4)28(46)39-33(7,8)30(48)41-34(9,10)29(47)40-32(5,6)27(45)37-19-22(36)42/h14-17,23-24,38H,12-13,18-19H2,1-11H3,(H2,36,42)(H,37,45)(H,39,46)(H,40,47)(H,41,48)/q-1/t23-,24-/m1/s1. The molecular weight excluding hydrogens is 695 g/mol. The Morgan fingerprint density at radius 1 is 0.698 bits per heavy atom. The first-order valence-corrected chi connectivity index (χ1v) is 17.1. The van der Waals surface area contributed by atoms with E-state index in [2.05, 4.69) is 26.6 Å². The largest absolute Gasteiger partial charge is 0.543 e. The van der Waals surface area contributed by atoms with E-state index in [9.17, 15) is 33.6 Å². The molecule has 7 N–H and O–H groups in total. The van der Waals surface area contributed by atoms with Crippen molar-refractivity contribution < 1.29 is 57.0 Å². The van der Waals surface area contributed by atoms with Crippen molar-refractivity contribution >= 4 is 53.7 Å². The first kappa shape index (κ1) is 44.6. The van der Waals surface area contributed by atoms with Gasteiger partial charge < -0.3 is 50.4 Å².